The lowest BCUT2D eigenvalue weighted by molar-refractivity contribution is -0.379. The number of amides is 1. The molecule has 0 bridgehead atoms. The molecule has 0 saturated carbocycles. The summed E-state index contributed by atoms with van der Waals surface area (Å²) in [4.78, 5) is 23.4. The summed E-state index contributed by atoms with van der Waals surface area (Å²) < 4.78 is 27.6. The average molecular weight is 450 g/mol. The molecule has 0 saturated heterocycles. The van der Waals surface area contributed by atoms with Crippen molar-refractivity contribution in [3.63, 3.8) is 0 Å². The van der Waals surface area contributed by atoms with Gasteiger partial charge in [0.05, 0.1) is 16.6 Å². The van der Waals surface area contributed by atoms with E-state index in [0.29, 0.717) is 23.5 Å². The Labute approximate surface area is 185 Å². The lowest BCUT2D eigenvalue weighted by Gasteiger charge is -2.20. The highest BCUT2D eigenvalue weighted by Crippen LogP contribution is 2.33. The summed E-state index contributed by atoms with van der Waals surface area (Å²) in [6.45, 7) is 1.44. The molecule has 162 valence electrons. The van der Waals surface area contributed by atoms with Crippen molar-refractivity contribution in [2.75, 3.05) is 4.72 Å². The molecule has 0 aliphatic carbocycles. The Bertz CT molecular complexity index is 1290. The van der Waals surface area contributed by atoms with Crippen LogP contribution in [0.1, 0.15) is 30.5 Å². The van der Waals surface area contributed by atoms with Gasteiger partial charge in [0.25, 0.3) is 15.7 Å². The summed E-state index contributed by atoms with van der Waals surface area (Å²) in [5, 5.41) is 7.76. The van der Waals surface area contributed by atoms with Gasteiger partial charge in [-0.3, -0.25) is 9.52 Å². The lowest BCUT2D eigenvalue weighted by Crippen LogP contribution is -2.55. The van der Waals surface area contributed by atoms with Gasteiger partial charge in [0, 0.05) is 41.2 Å². The molecule has 2 N–H and O–H groups in total. The first-order chi connectivity index (χ1) is 15.4. The topological polar surface area (TPSA) is 110 Å². The van der Waals surface area contributed by atoms with E-state index in [4.69, 9.17) is 0 Å². The van der Waals surface area contributed by atoms with E-state index in [1.807, 2.05) is 11.2 Å². The van der Waals surface area contributed by atoms with Crippen LogP contribution in [0, 0.1) is 4.91 Å². The maximum absolute atomic E-state index is 12.5. The molecule has 8 nitrogen and oxygen atoms in total. The summed E-state index contributed by atoms with van der Waals surface area (Å²) in [7, 11) is -3.68. The van der Waals surface area contributed by atoms with Crippen LogP contribution < -0.4 is 9.90 Å². The minimum atomic E-state index is -3.68. The van der Waals surface area contributed by atoms with Crippen molar-refractivity contribution in [1.29, 1.82) is 0 Å². The van der Waals surface area contributed by atoms with E-state index >= 15 is 0 Å². The minimum absolute atomic E-state index is 0.180. The Kier molecular flexibility index (Phi) is 5.83. The molecule has 9 heteroatoms. The van der Waals surface area contributed by atoms with Gasteiger partial charge in [-0.1, -0.05) is 42.5 Å². The Morgan fingerprint density at radius 1 is 1.03 bits per heavy atom. The minimum Gasteiger partial charge on any atom is -0.280 e. The second-order valence-electron chi connectivity index (χ2n) is 7.35. The molecule has 1 amide bonds. The zero-order valence-electron chi connectivity index (χ0n) is 17.2. The van der Waals surface area contributed by atoms with Crippen LogP contribution in [0.15, 0.2) is 88.9 Å². The van der Waals surface area contributed by atoms with Crippen LogP contribution in [-0.4, -0.2) is 25.0 Å². The summed E-state index contributed by atoms with van der Waals surface area (Å²) in [6, 6.07) is 21.6. The van der Waals surface area contributed by atoms with Gasteiger partial charge in [0.1, 0.15) is 0 Å². The van der Waals surface area contributed by atoms with E-state index < -0.39 is 10.0 Å². The molecule has 3 aromatic rings. The number of nitrogens with zero attached hydrogens (tertiary/aromatic N) is 2. The zero-order valence-corrected chi connectivity index (χ0v) is 18.0. The first-order valence-electron chi connectivity index (χ1n) is 9.91. The molecule has 0 fully saturated rings. The zero-order chi connectivity index (χ0) is 22.7. The predicted octanol–water partition coefficient (Wildman–Crippen LogP) is 2.66. The Morgan fingerprint density at radius 3 is 2.41 bits per heavy atom. The number of sulfonamides is 1. The lowest BCUT2D eigenvalue weighted by atomic mass is 9.98. The number of nitrogens with one attached hydrogen (secondary N) is 2. The second-order valence-corrected chi connectivity index (χ2v) is 9.04. The molecule has 32 heavy (non-hydrogen) atoms. The largest absolute Gasteiger partial charge is 0.280 e. The van der Waals surface area contributed by atoms with Gasteiger partial charge in [0.2, 0.25) is 5.91 Å². The van der Waals surface area contributed by atoms with Crippen molar-refractivity contribution in [1.82, 2.24) is 5.01 Å². The highest BCUT2D eigenvalue weighted by atomic mass is 32.2. The molecule has 1 aliphatic rings. The van der Waals surface area contributed by atoms with E-state index in [2.05, 4.69) is 9.82 Å². The quantitative estimate of drug-likeness (QED) is 0.603. The predicted molar refractivity (Wildman–Crippen MR) is 121 cm³/mol. The highest BCUT2D eigenvalue weighted by Gasteiger charge is 2.32. The third-order valence-corrected chi connectivity index (χ3v) is 6.54. The Morgan fingerprint density at radius 2 is 1.75 bits per heavy atom. The fraction of sp³-hybridized carbons (Fsp3) is 0.130. The number of hydrazone groups is 1. The fourth-order valence-electron chi connectivity index (χ4n) is 3.59. The van der Waals surface area contributed by atoms with Gasteiger partial charge >= 0.3 is 0 Å². The molecule has 4 rings (SSSR count). The molecule has 0 spiro atoms. The van der Waals surface area contributed by atoms with Crippen LogP contribution >= 0.6 is 0 Å². The summed E-state index contributed by atoms with van der Waals surface area (Å²) in [5.41, 5.74) is 3.11. The Hall–Kier alpha value is -3.85. The second kappa shape index (κ2) is 8.72. The number of carbonyl (C=O) groups is 1. The number of hydrogen-bond donors (Lipinski definition) is 2. The van der Waals surface area contributed by atoms with Gasteiger partial charge < -0.3 is 0 Å². The van der Waals surface area contributed by atoms with Crippen molar-refractivity contribution in [3.8, 4) is 0 Å². The molecule has 3 aromatic carbocycles. The third-order valence-electron chi connectivity index (χ3n) is 5.15. The van der Waals surface area contributed by atoms with E-state index in [0.717, 1.165) is 11.1 Å². The van der Waals surface area contributed by atoms with Crippen molar-refractivity contribution in [2.45, 2.75) is 24.3 Å². The third kappa shape index (κ3) is 4.42. The highest BCUT2D eigenvalue weighted by molar-refractivity contribution is 7.92. The van der Waals surface area contributed by atoms with Gasteiger partial charge in [-0.25, -0.2) is 13.4 Å². The molecular weight excluding hydrogens is 428 g/mol. The van der Waals surface area contributed by atoms with Gasteiger partial charge in [-0.2, -0.15) is 5.10 Å². The summed E-state index contributed by atoms with van der Waals surface area (Å²) in [5.74, 6) is -0.210. The van der Waals surface area contributed by atoms with Crippen molar-refractivity contribution in [3.05, 3.63) is 94.9 Å². The van der Waals surface area contributed by atoms with Crippen LogP contribution in [0.2, 0.25) is 0 Å². The summed E-state index contributed by atoms with van der Waals surface area (Å²) >= 11 is 0. The van der Waals surface area contributed by atoms with Gasteiger partial charge in [0.15, 0.2) is 0 Å². The molecular formula is C23H21N4O4S+. The van der Waals surface area contributed by atoms with Crippen molar-refractivity contribution < 1.29 is 18.4 Å². The standard InChI is InChI=1S/C23H20N4O4S/c1-16(28)27-23(18-6-5-7-20(14-18)25-29)15-22(24-27)17-10-12-19(13-11-17)26-32(30,31)21-8-3-2-4-9-21/h2-14,23,26H,15H2,1H3/p+1. The Balaban J connectivity index is 1.55. The number of anilines is 1. The maximum Gasteiger partial charge on any atom is 0.261 e. The number of carbonyl (C=O) groups excluding carboxylic acids is 1. The smallest absolute Gasteiger partial charge is 0.261 e. The van der Waals surface area contributed by atoms with Crippen LogP contribution in [0.5, 0.6) is 0 Å². The van der Waals surface area contributed by atoms with Crippen molar-refractivity contribution in [2.24, 2.45) is 5.10 Å². The monoisotopic (exact) mass is 449 g/mol. The van der Waals surface area contributed by atoms with E-state index in [9.17, 15) is 18.1 Å². The number of hydrogen-bond acceptors (Lipinski definition) is 5. The van der Waals surface area contributed by atoms with Crippen LogP contribution in [0.3, 0.4) is 0 Å². The van der Waals surface area contributed by atoms with Gasteiger partial charge in [-0.05, 0) is 35.4 Å². The SMILES string of the molecule is CC(=O)N1N=C(c2ccc(NS(=O)(=O)c3ccccc3)cc2)CC1c1cccc([NH+]=O)c1. The molecule has 1 atom stereocenters. The molecule has 1 heterocycles. The first-order valence-corrected chi connectivity index (χ1v) is 11.4. The molecule has 0 aromatic heterocycles. The number of nitroso groups, excluding NO2 is 1. The first kappa shape index (κ1) is 21.4. The normalized spacial score (nSPS) is 15.8. The summed E-state index contributed by atoms with van der Waals surface area (Å²) in [6.07, 6.45) is 0.469. The van der Waals surface area contributed by atoms with Crippen molar-refractivity contribution >= 4 is 33.0 Å². The molecule has 0 radical (unpaired) electrons. The number of benzene rings is 3. The molecule has 1 aliphatic heterocycles. The van der Waals surface area contributed by atoms with Crippen LogP contribution in [0.4, 0.5) is 11.4 Å². The number of rotatable bonds is 6. The fourth-order valence-corrected chi connectivity index (χ4v) is 4.67. The van der Waals surface area contributed by atoms with E-state index in [1.165, 1.54) is 24.1 Å². The maximum atomic E-state index is 12.5. The van der Waals surface area contributed by atoms with E-state index in [1.54, 1.807) is 60.7 Å². The van der Waals surface area contributed by atoms with Gasteiger partial charge in [-0.15, -0.1) is 0 Å². The molecule has 1 unspecified atom stereocenters. The van der Waals surface area contributed by atoms with Crippen LogP contribution in [0.25, 0.3) is 0 Å². The van der Waals surface area contributed by atoms with E-state index in [-0.39, 0.29) is 16.8 Å². The average Bonchev–Trinajstić information content (AvgIpc) is 3.26. The van der Waals surface area contributed by atoms with Crippen LogP contribution in [-0.2, 0) is 14.8 Å².